The number of nitrogens with zero attached hydrogens (tertiary/aromatic N) is 3. The average Bonchev–Trinajstić information content (AvgIpc) is 3.40. The van der Waals surface area contributed by atoms with Gasteiger partial charge in [0.1, 0.15) is 5.82 Å². The van der Waals surface area contributed by atoms with Crippen LogP contribution < -0.4 is 10.6 Å². The summed E-state index contributed by atoms with van der Waals surface area (Å²) in [6.45, 7) is 4.02. The third-order valence-electron chi connectivity index (χ3n) is 4.24. The molecule has 1 aliphatic rings. The van der Waals surface area contributed by atoms with Gasteiger partial charge in [-0.2, -0.15) is 4.98 Å². The van der Waals surface area contributed by atoms with Gasteiger partial charge in [-0.3, -0.25) is 0 Å². The van der Waals surface area contributed by atoms with Crippen LogP contribution >= 0.6 is 15.9 Å². The molecule has 6 heteroatoms. The molecule has 0 unspecified atom stereocenters. The van der Waals surface area contributed by atoms with E-state index in [1.54, 1.807) is 0 Å². The van der Waals surface area contributed by atoms with E-state index in [1.165, 1.54) is 18.4 Å². The van der Waals surface area contributed by atoms with E-state index in [-0.39, 0.29) is 0 Å². The topological polar surface area (TPSA) is 53.1 Å². The standard InChI is InChI=1S/C19H26BrN5/c1-13-11-15(7-8-16(13)20)22-18-12-17(14-5-6-14)23-19(24-18)21-9-4-10-25(2)3/h7-8,11-12,14H,4-6,9-10H2,1-3H3,(H2,21,22,23,24). The summed E-state index contributed by atoms with van der Waals surface area (Å²) in [5.41, 5.74) is 3.38. The minimum absolute atomic E-state index is 0.595. The molecular formula is C19H26BrN5. The fourth-order valence-electron chi connectivity index (χ4n) is 2.66. The van der Waals surface area contributed by atoms with Crippen LogP contribution in [0.4, 0.5) is 17.5 Å². The summed E-state index contributed by atoms with van der Waals surface area (Å²) in [6, 6.07) is 8.31. The Morgan fingerprint density at radius 3 is 2.68 bits per heavy atom. The van der Waals surface area contributed by atoms with Gasteiger partial charge in [-0.05, 0) is 70.6 Å². The van der Waals surface area contributed by atoms with Crippen LogP contribution in [0.15, 0.2) is 28.7 Å². The molecule has 3 rings (SSSR count). The summed E-state index contributed by atoms with van der Waals surface area (Å²) in [5, 5.41) is 6.80. The first-order valence-corrected chi connectivity index (χ1v) is 9.61. The van der Waals surface area contributed by atoms with Crippen molar-refractivity contribution in [3.05, 3.63) is 40.0 Å². The van der Waals surface area contributed by atoms with Crippen LogP contribution in [-0.4, -0.2) is 42.1 Å². The van der Waals surface area contributed by atoms with Crippen LogP contribution in [0.2, 0.25) is 0 Å². The highest BCUT2D eigenvalue weighted by molar-refractivity contribution is 9.10. The Balaban J connectivity index is 1.72. The quantitative estimate of drug-likeness (QED) is 0.633. The van der Waals surface area contributed by atoms with E-state index in [0.717, 1.165) is 47.1 Å². The second kappa shape index (κ2) is 8.15. The molecule has 1 aromatic carbocycles. The van der Waals surface area contributed by atoms with Crippen molar-refractivity contribution >= 4 is 33.4 Å². The molecule has 1 saturated carbocycles. The van der Waals surface area contributed by atoms with E-state index in [2.05, 4.69) is 81.7 Å². The lowest BCUT2D eigenvalue weighted by molar-refractivity contribution is 0.405. The van der Waals surface area contributed by atoms with Crippen LogP contribution in [0.3, 0.4) is 0 Å². The van der Waals surface area contributed by atoms with Crippen molar-refractivity contribution < 1.29 is 0 Å². The number of anilines is 3. The van der Waals surface area contributed by atoms with Gasteiger partial charge in [0.2, 0.25) is 5.95 Å². The van der Waals surface area contributed by atoms with E-state index >= 15 is 0 Å². The number of hydrogen-bond donors (Lipinski definition) is 2. The van der Waals surface area contributed by atoms with E-state index < -0.39 is 0 Å². The van der Waals surface area contributed by atoms with Gasteiger partial charge in [-0.1, -0.05) is 15.9 Å². The van der Waals surface area contributed by atoms with Crippen molar-refractivity contribution in [3.63, 3.8) is 0 Å². The number of benzene rings is 1. The Morgan fingerprint density at radius 2 is 2.00 bits per heavy atom. The third kappa shape index (κ3) is 5.41. The molecule has 2 aromatic rings. The molecule has 1 heterocycles. The molecule has 2 N–H and O–H groups in total. The molecule has 0 radical (unpaired) electrons. The largest absolute Gasteiger partial charge is 0.354 e. The van der Waals surface area contributed by atoms with Crippen molar-refractivity contribution in [1.29, 1.82) is 0 Å². The van der Waals surface area contributed by atoms with Gasteiger partial charge < -0.3 is 15.5 Å². The Bertz CT molecular complexity index is 728. The van der Waals surface area contributed by atoms with Crippen molar-refractivity contribution in [2.75, 3.05) is 37.8 Å². The van der Waals surface area contributed by atoms with Gasteiger partial charge >= 0.3 is 0 Å². The number of halogens is 1. The fourth-order valence-corrected chi connectivity index (χ4v) is 2.91. The lowest BCUT2D eigenvalue weighted by Crippen LogP contribution is -2.17. The molecule has 5 nitrogen and oxygen atoms in total. The maximum atomic E-state index is 4.70. The van der Waals surface area contributed by atoms with E-state index in [9.17, 15) is 0 Å². The van der Waals surface area contributed by atoms with Gasteiger partial charge in [0.15, 0.2) is 0 Å². The molecule has 0 atom stereocenters. The zero-order chi connectivity index (χ0) is 17.8. The maximum Gasteiger partial charge on any atom is 0.224 e. The van der Waals surface area contributed by atoms with Gasteiger partial charge in [0.25, 0.3) is 0 Å². The fraction of sp³-hybridized carbons (Fsp3) is 0.474. The number of hydrogen-bond acceptors (Lipinski definition) is 5. The Morgan fingerprint density at radius 1 is 1.20 bits per heavy atom. The molecule has 0 bridgehead atoms. The molecule has 1 aliphatic carbocycles. The molecule has 1 aromatic heterocycles. The van der Waals surface area contributed by atoms with Crippen molar-refractivity contribution in [2.24, 2.45) is 0 Å². The van der Waals surface area contributed by atoms with Gasteiger partial charge in [0, 0.05) is 28.7 Å². The highest BCUT2D eigenvalue weighted by Gasteiger charge is 2.26. The molecule has 0 amide bonds. The SMILES string of the molecule is Cc1cc(Nc2cc(C3CC3)nc(NCCCN(C)C)n2)ccc1Br. The van der Waals surface area contributed by atoms with Crippen molar-refractivity contribution in [3.8, 4) is 0 Å². The molecular weight excluding hydrogens is 378 g/mol. The van der Waals surface area contributed by atoms with E-state index in [4.69, 9.17) is 4.98 Å². The summed E-state index contributed by atoms with van der Waals surface area (Å²) in [4.78, 5) is 11.5. The molecule has 25 heavy (non-hydrogen) atoms. The van der Waals surface area contributed by atoms with Crippen molar-refractivity contribution in [2.45, 2.75) is 32.1 Å². The molecule has 0 saturated heterocycles. The summed E-state index contributed by atoms with van der Waals surface area (Å²) < 4.78 is 1.11. The second-order valence-electron chi connectivity index (χ2n) is 6.95. The highest BCUT2D eigenvalue weighted by atomic mass is 79.9. The smallest absolute Gasteiger partial charge is 0.224 e. The molecule has 0 spiro atoms. The lowest BCUT2D eigenvalue weighted by Gasteiger charge is -2.13. The first-order valence-electron chi connectivity index (χ1n) is 8.82. The zero-order valence-corrected chi connectivity index (χ0v) is 16.7. The average molecular weight is 404 g/mol. The summed E-state index contributed by atoms with van der Waals surface area (Å²) in [5.74, 6) is 2.17. The normalized spacial score (nSPS) is 14.0. The minimum Gasteiger partial charge on any atom is -0.354 e. The van der Waals surface area contributed by atoms with Crippen molar-refractivity contribution in [1.82, 2.24) is 14.9 Å². The Hall–Kier alpha value is -1.66. The predicted octanol–water partition coefficient (Wildman–Crippen LogP) is 4.53. The zero-order valence-electron chi connectivity index (χ0n) is 15.1. The molecule has 1 fully saturated rings. The van der Waals surface area contributed by atoms with Gasteiger partial charge in [-0.25, -0.2) is 4.98 Å². The first kappa shape index (κ1) is 18.1. The summed E-state index contributed by atoms with van der Waals surface area (Å²) in [7, 11) is 4.18. The number of rotatable bonds is 8. The van der Waals surface area contributed by atoms with Crippen LogP contribution in [0.1, 0.15) is 36.4 Å². The molecule has 134 valence electrons. The minimum atomic E-state index is 0.595. The Kier molecular flexibility index (Phi) is 5.91. The lowest BCUT2D eigenvalue weighted by atomic mass is 10.2. The van der Waals surface area contributed by atoms with Crippen LogP contribution in [0.5, 0.6) is 0 Å². The van der Waals surface area contributed by atoms with Crippen LogP contribution in [0.25, 0.3) is 0 Å². The second-order valence-corrected chi connectivity index (χ2v) is 7.80. The van der Waals surface area contributed by atoms with Crippen LogP contribution in [-0.2, 0) is 0 Å². The molecule has 0 aliphatic heterocycles. The van der Waals surface area contributed by atoms with Crippen LogP contribution in [0, 0.1) is 6.92 Å². The van der Waals surface area contributed by atoms with Gasteiger partial charge in [-0.15, -0.1) is 0 Å². The monoisotopic (exact) mass is 403 g/mol. The highest BCUT2D eigenvalue weighted by Crippen LogP contribution is 2.40. The van der Waals surface area contributed by atoms with Gasteiger partial charge in [0.05, 0.1) is 5.69 Å². The number of aryl methyl sites for hydroxylation is 1. The maximum absolute atomic E-state index is 4.70. The first-order chi connectivity index (χ1) is 12.0. The predicted molar refractivity (Wildman–Crippen MR) is 108 cm³/mol. The summed E-state index contributed by atoms with van der Waals surface area (Å²) >= 11 is 3.54. The van der Waals surface area contributed by atoms with E-state index in [1.807, 2.05) is 0 Å². The number of aromatic nitrogens is 2. The van der Waals surface area contributed by atoms with E-state index in [0.29, 0.717) is 5.92 Å². The Labute approximate surface area is 158 Å². The third-order valence-corrected chi connectivity index (χ3v) is 5.13. The number of nitrogens with one attached hydrogen (secondary N) is 2. The summed E-state index contributed by atoms with van der Waals surface area (Å²) in [6.07, 6.45) is 3.53.